The van der Waals surface area contributed by atoms with E-state index in [0.717, 1.165) is 42.6 Å². The number of nitrogens with zero attached hydrogens (tertiary/aromatic N) is 4. The van der Waals surface area contributed by atoms with Gasteiger partial charge >= 0.3 is 0 Å². The highest BCUT2D eigenvalue weighted by atomic mass is 19.1. The summed E-state index contributed by atoms with van der Waals surface area (Å²) in [5.41, 5.74) is 3.41. The largest absolute Gasteiger partial charge is 0.491 e. The van der Waals surface area contributed by atoms with Crippen LogP contribution in [-0.4, -0.2) is 65.9 Å². The van der Waals surface area contributed by atoms with E-state index in [1.54, 1.807) is 36.9 Å². The van der Waals surface area contributed by atoms with Gasteiger partial charge in [0.15, 0.2) is 5.75 Å². The predicted molar refractivity (Wildman–Crippen MR) is 172 cm³/mol. The van der Waals surface area contributed by atoms with Crippen molar-refractivity contribution in [1.29, 1.82) is 0 Å². The van der Waals surface area contributed by atoms with Gasteiger partial charge < -0.3 is 35.5 Å². The maximum Gasteiger partial charge on any atom is 0.227 e. The lowest BCUT2D eigenvalue weighted by Crippen LogP contribution is -2.33. The van der Waals surface area contributed by atoms with Crippen LogP contribution < -0.4 is 26.0 Å². The van der Waals surface area contributed by atoms with E-state index < -0.39 is 0 Å². The highest BCUT2D eigenvalue weighted by Crippen LogP contribution is 2.26. The van der Waals surface area contributed by atoms with E-state index in [1.807, 2.05) is 19.1 Å². The summed E-state index contributed by atoms with van der Waals surface area (Å²) in [6.45, 7) is 8.87. The van der Waals surface area contributed by atoms with E-state index in [-0.39, 0.29) is 23.8 Å². The van der Waals surface area contributed by atoms with E-state index >= 15 is 0 Å². The van der Waals surface area contributed by atoms with E-state index in [2.05, 4.69) is 48.1 Å². The molecule has 2 unspecified atom stereocenters. The number of aryl methyl sites for hydroxylation is 1. The number of hydrogen-bond acceptors (Lipinski definition) is 11. The molecule has 4 N–H and O–H groups in total. The monoisotopic (exact) mass is 634 g/mol. The minimum Gasteiger partial charge on any atom is -0.491 e. The van der Waals surface area contributed by atoms with Crippen LogP contribution in [0.3, 0.4) is 0 Å². The van der Waals surface area contributed by atoms with Gasteiger partial charge in [-0.2, -0.15) is 0 Å². The fourth-order valence-corrected chi connectivity index (χ4v) is 4.92. The summed E-state index contributed by atoms with van der Waals surface area (Å²) in [5.74, 6) is 0.589. The Bertz CT molecular complexity index is 1400. The van der Waals surface area contributed by atoms with Crippen molar-refractivity contribution in [3.05, 3.63) is 89.5 Å². The van der Waals surface area contributed by atoms with Gasteiger partial charge in [-0.1, -0.05) is 25.5 Å². The lowest BCUT2D eigenvalue weighted by Gasteiger charge is -2.24. The minimum atomic E-state index is -0.367. The Morgan fingerprint density at radius 3 is 1.67 bits per heavy atom. The number of rotatable bonds is 10. The maximum absolute atomic E-state index is 14.3. The molecule has 0 aliphatic carbocycles. The lowest BCUT2D eigenvalue weighted by atomic mass is 10.1. The summed E-state index contributed by atoms with van der Waals surface area (Å²) in [6.07, 6.45) is 8.41. The summed E-state index contributed by atoms with van der Waals surface area (Å²) in [6, 6.07) is 10.1. The molecule has 4 aromatic rings. The van der Waals surface area contributed by atoms with Crippen molar-refractivity contribution in [3.63, 3.8) is 0 Å². The summed E-state index contributed by atoms with van der Waals surface area (Å²) >= 11 is 0. The average molecular weight is 635 g/mol. The number of hydrogen-bond donors (Lipinski definition) is 4. The fourth-order valence-electron chi connectivity index (χ4n) is 4.92. The second-order valence-electron chi connectivity index (χ2n) is 10.7. The van der Waals surface area contributed by atoms with Crippen molar-refractivity contribution in [2.45, 2.75) is 38.9 Å². The maximum atomic E-state index is 14.3. The van der Waals surface area contributed by atoms with Crippen LogP contribution in [0, 0.1) is 11.6 Å². The van der Waals surface area contributed by atoms with E-state index in [9.17, 15) is 8.78 Å². The molecule has 0 saturated carbocycles. The van der Waals surface area contributed by atoms with Gasteiger partial charge in [0.1, 0.15) is 11.6 Å². The molecular formula is C33H40F2N8O3. The molecule has 13 heteroatoms. The molecule has 46 heavy (non-hydrogen) atoms. The first-order chi connectivity index (χ1) is 22.5. The van der Waals surface area contributed by atoms with Crippen molar-refractivity contribution in [2.24, 2.45) is 0 Å². The minimum absolute atomic E-state index is 0.100. The van der Waals surface area contributed by atoms with Gasteiger partial charge in [-0.25, -0.2) is 28.7 Å². The Morgan fingerprint density at radius 2 is 1.26 bits per heavy atom. The van der Waals surface area contributed by atoms with Crippen molar-refractivity contribution in [2.75, 3.05) is 56.6 Å². The SMILES string of the molecule is CCCc1cnc(Nc2ccc(C3CNCCO3)cc2F)nc1.CCOc1cnc(Nc2ccc(C3CNCCO3)cc2F)nc1. The molecule has 6 rings (SSSR count). The molecule has 2 atom stereocenters. The van der Waals surface area contributed by atoms with Crippen molar-refractivity contribution in [3.8, 4) is 5.75 Å². The number of aromatic nitrogens is 4. The standard InChI is InChI=1S/C17H21FN4O.C16H19FN4O2/c1-2-3-12-9-20-17(21-10-12)22-15-5-4-13(8-14(15)18)16-11-19-6-7-23-16;1-2-22-12-8-19-16(20-9-12)21-14-4-3-11(7-13(14)17)15-10-18-5-6-23-15/h4-5,8-10,16,19H,2-3,6-7,11H2,1H3,(H,20,21,22);3-4,7-9,15,18H,2,5-6,10H2,1H3,(H,19,20,21). The van der Waals surface area contributed by atoms with E-state index in [4.69, 9.17) is 14.2 Å². The molecular weight excluding hydrogens is 594 g/mol. The Hall–Kier alpha value is -4.30. The summed E-state index contributed by atoms with van der Waals surface area (Å²) < 4.78 is 45.1. The predicted octanol–water partition coefficient (Wildman–Crippen LogP) is 5.39. The Morgan fingerprint density at radius 1 is 0.761 bits per heavy atom. The van der Waals surface area contributed by atoms with Gasteiger partial charge in [0, 0.05) is 38.6 Å². The summed E-state index contributed by atoms with van der Waals surface area (Å²) in [7, 11) is 0. The third-order valence-corrected chi connectivity index (χ3v) is 7.26. The van der Waals surface area contributed by atoms with Gasteiger partial charge in [0.2, 0.25) is 11.9 Å². The molecule has 2 saturated heterocycles. The molecule has 2 aliphatic heterocycles. The molecule has 4 heterocycles. The zero-order valence-electron chi connectivity index (χ0n) is 26.1. The molecule has 0 bridgehead atoms. The fraction of sp³-hybridized carbons (Fsp3) is 0.394. The Kier molecular flexibility index (Phi) is 12.1. The molecule has 2 fully saturated rings. The quantitative estimate of drug-likeness (QED) is 0.179. The van der Waals surface area contributed by atoms with Gasteiger partial charge in [0.25, 0.3) is 0 Å². The van der Waals surface area contributed by atoms with Crippen molar-refractivity contribution < 1.29 is 23.0 Å². The molecule has 2 aromatic carbocycles. The molecule has 0 amide bonds. The first kappa shape index (κ1) is 33.1. The second-order valence-corrected chi connectivity index (χ2v) is 10.7. The van der Waals surface area contributed by atoms with Crippen LogP contribution in [0.4, 0.5) is 32.1 Å². The number of halogens is 2. The van der Waals surface area contributed by atoms with Crippen LogP contribution in [0.5, 0.6) is 5.75 Å². The van der Waals surface area contributed by atoms with Crippen LogP contribution in [0.2, 0.25) is 0 Å². The molecule has 2 aromatic heterocycles. The Balaban J connectivity index is 0.000000181. The molecule has 0 spiro atoms. The van der Waals surface area contributed by atoms with Crippen molar-refractivity contribution in [1.82, 2.24) is 30.6 Å². The number of ether oxygens (including phenoxy) is 3. The van der Waals surface area contributed by atoms with Crippen LogP contribution in [0.25, 0.3) is 0 Å². The zero-order valence-corrected chi connectivity index (χ0v) is 26.1. The third-order valence-electron chi connectivity index (χ3n) is 7.26. The molecule has 2 aliphatic rings. The lowest BCUT2D eigenvalue weighted by molar-refractivity contribution is 0.0275. The smallest absolute Gasteiger partial charge is 0.227 e. The van der Waals surface area contributed by atoms with Gasteiger partial charge in [-0.05, 0) is 54.3 Å². The Labute approximate surface area is 267 Å². The van der Waals surface area contributed by atoms with E-state index in [0.29, 0.717) is 61.9 Å². The normalized spacial score (nSPS) is 17.8. The highest BCUT2D eigenvalue weighted by molar-refractivity contribution is 5.56. The third kappa shape index (κ3) is 9.36. The van der Waals surface area contributed by atoms with Gasteiger partial charge in [-0.3, -0.25) is 0 Å². The first-order valence-electron chi connectivity index (χ1n) is 15.6. The van der Waals surface area contributed by atoms with Crippen LogP contribution >= 0.6 is 0 Å². The van der Waals surface area contributed by atoms with Crippen LogP contribution in [0.1, 0.15) is 49.2 Å². The second kappa shape index (κ2) is 16.9. The van der Waals surface area contributed by atoms with Crippen molar-refractivity contribution >= 4 is 23.3 Å². The topological polar surface area (TPSA) is 127 Å². The molecule has 0 radical (unpaired) electrons. The number of anilines is 4. The molecule has 244 valence electrons. The van der Waals surface area contributed by atoms with Crippen LogP contribution in [0.15, 0.2) is 61.2 Å². The van der Waals surface area contributed by atoms with Gasteiger partial charge in [-0.15, -0.1) is 0 Å². The highest BCUT2D eigenvalue weighted by Gasteiger charge is 2.18. The summed E-state index contributed by atoms with van der Waals surface area (Å²) in [4.78, 5) is 16.6. The first-order valence-corrected chi connectivity index (χ1v) is 15.6. The van der Waals surface area contributed by atoms with Crippen LogP contribution in [-0.2, 0) is 15.9 Å². The van der Waals surface area contributed by atoms with Gasteiger partial charge in [0.05, 0.1) is 55.8 Å². The molecule has 11 nitrogen and oxygen atoms in total. The number of morpholine rings is 2. The number of benzene rings is 2. The zero-order chi connectivity index (χ0) is 32.1. The summed E-state index contributed by atoms with van der Waals surface area (Å²) in [5, 5.41) is 12.2. The number of nitrogens with one attached hydrogen (secondary N) is 4. The van der Waals surface area contributed by atoms with E-state index in [1.165, 1.54) is 12.1 Å². The average Bonchev–Trinajstić information content (AvgIpc) is 3.09.